The van der Waals surface area contributed by atoms with Crippen LogP contribution in [0.15, 0.2) is 17.5 Å². The molecule has 0 bridgehead atoms. The third-order valence-electron chi connectivity index (χ3n) is 3.03. The van der Waals surface area contributed by atoms with E-state index in [9.17, 15) is 19.8 Å². The molecular weight excluding hydrogens is 268 g/mol. The van der Waals surface area contributed by atoms with E-state index >= 15 is 0 Å². The molecule has 2 rings (SSSR count). The molecule has 1 aliphatic heterocycles. The smallest absolute Gasteiger partial charge is 0.261 e. The van der Waals surface area contributed by atoms with E-state index in [1.165, 1.54) is 16.2 Å². The fourth-order valence-electron chi connectivity index (χ4n) is 1.96. The van der Waals surface area contributed by atoms with E-state index in [4.69, 9.17) is 0 Å². The van der Waals surface area contributed by atoms with Gasteiger partial charge in [0.25, 0.3) is 5.91 Å². The number of carbonyl (C=O) groups excluding carboxylic acids is 2. The topological polar surface area (TPSA) is 89.9 Å². The Morgan fingerprint density at radius 3 is 2.58 bits per heavy atom. The Bertz CT molecular complexity index is 452. The van der Waals surface area contributed by atoms with Gasteiger partial charge in [0.15, 0.2) is 0 Å². The van der Waals surface area contributed by atoms with E-state index in [0.717, 1.165) is 0 Å². The summed E-state index contributed by atoms with van der Waals surface area (Å²) in [6.45, 7) is 1.78. The lowest BCUT2D eigenvalue weighted by atomic mass is 10.3. The number of hydrogen-bond donors (Lipinski definition) is 3. The number of thiophene rings is 1. The maximum atomic E-state index is 12.0. The van der Waals surface area contributed by atoms with Crippen LogP contribution in [-0.2, 0) is 4.79 Å². The van der Waals surface area contributed by atoms with Crippen LogP contribution in [-0.4, -0.2) is 58.3 Å². The standard InChI is InChI=1S/C12H16N2O4S/c1-7(13-11(17)10-3-2-4-19-10)12(18)14-5-8(15)9(16)6-14/h2-4,7-9,15-16H,5-6H2,1H3,(H,13,17). The van der Waals surface area contributed by atoms with Gasteiger partial charge in [0, 0.05) is 13.1 Å². The summed E-state index contributed by atoms with van der Waals surface area (Å²) in [5, 5.41) is 23.2. The van der Waals surface area contributed by atoms with E-state index in [0.29, 0.717) is 4.88 Å². The van der Waals surface area contributed by atoms with Crippen LogP contribution in [0.3, 0.4) is 0 Å². The highest BCUT2D eigenvalue weighted by atomic mass is 32.1. The molecule has 1 fully saturated rings. The van der Waals surface area contributed by atoms with E-state index in [1.807, 2.05) is 0 Å². The molecule has 3 N–H and O–H groups in total. The number of rotatable bonds is 3. The van der Waals surface area contributed by atoms with Gasteiger partial charge in [-0.1, -0.05) is 6.07 Å². The Balaban J connectivity index is 1.91. The lowest BCUT2D eigenvalue weighted by Gasteiger charge is -2.20. The van der Waals surface area contributed by atoms with Crippen molar-refractivity contribution in [2.45, 2.75) is 25.2 Å². The van der Waals surface area contributed by atoms with Crippen LogP contribution in [0.5, 0.6) is 0 Å². The third kappa shape index (κ3) is 3.12. The van der Waals surface area contributed by atoms with Crippen LogP contribution in [0.2, 0.25) is 0 Å². The molecule has 3 unspecified atom stereocenters. The van der Waals surface area contributed by atoms with Gasteiger partial charge in [0.05, 0.1) is 17.1 Å². The maximum Gasteiger partial charge on any atom is 0.261 e. The minimum Gasteiger partial charge on any atom is -0.388 e. The van der Waals surface area contributed by atoms with Crippen molar-refractivity contribution in [3.63, 3.8) is 0 Å². The summed E-state index contributed by atoms with van der Waals surface area (Å²) in [6, 6.07) is 2.76. The molecular formula is C12H16N2O4S. The van der Waals surface area contributed by atoms with Crippen LogP contribution < -0.4 is 5.32 Å². The van der Waals surface area contributed by atoms with Crippen molar-refractivity contribution >= 4 is 23.2 Å². The highest BCUT2D eigenvalue weighted by molar-refractivity contribution is 7.12. The molecule has 0 aliphatic carbocycles. The molecule has 1 aromatic heterocycles. The van der Waals surface area contributed by atoms with Crippen molar-refractivity contribution < 1.29 is 19.8 Å². The molecule has 7 heteroatoms. The quantitative estimate of drug-likeness (QED) is 0.693. The number of hydrogen-bond acceptors (Lipinski definition) is 5. The number of β-amino-alcohol motifs (C(OH)–C–C–N with tert-alkyl or cyclic N) is 2. The molecule has 104 valence electrons. The molecule has 0 saturated carbocycles. The zero-order valence-corrected chi connectivity index (χ0v) is 11.3. The number of aliphatic hydroxyl groups excluding tert-OH is 2. The first-order chi connectivity index (χ1) is 8.99. The fourth-order valence-corrected chi connectivity index (χ4v) is 2.59. The number of likely N-dealkylation sites (tertiary alicyclic amines) is 1. The largest absolute Gasteiger partial charge is 0.388 e. The minimum atomic E-state index is -0.913. The number of nitrogens with zero attached hydrogens (tertiary/aromatic N) is 1. The summed E-state index contributed by atoms with van der Waals surface area (Å²) in [5.74, 6) is -0.600. The maximum absolute atomic E-state index is 12.0. The Labute approximate surface area is 114 Å². The summed E-state index contributed by atoms with van der Waals surface area (Å²) < 4.78 is 0. The highest BCUT2D eigenvalue weighted by Crippen LogP contribution is 2.12. The van der Waals surface area contributed by atoms with Gasteiger partial charge < -0.3 is 20.4 Å². The Morgan fingerprint density at radius 1 is 1.42 bits per heavy atom. The average molecular weight is 284 g/mol. The number of aliphatic hydroxyl groups is 2. The molecule has 2 heterocycles. The molecule has 1 aromatic rings. The van der Waals surface area contributed by atoms with E-state index in [1.54, 1.807) is 24.4 Å². The van der Waals surface area contributed by atoms with Crippen molar-refractivity contribution in [2.24, 2.45) is 0 Å². The first-order valence-corrected chi connectivity index (χ1v) is 6.86. The van der Waals surface area contributed by atoms with E-state index in [-0.39, 0.29) is 24.9 Å². The van der Waals surface area contributed by atoms with Crippen molar-refractivity contribution in [3.05, 3.63) is 22.4 Å². The molecule has 1 aliphatic rings. The summed E-state index contributed by atoms with van der Waals surface area (Å²) in [6.07, 6.45) is -1.83. The molecule has 2 amide bonds. The second-order valence-corrected chi connectivity index (χ2v) is 5.50. The van der Waals surface area contributed by atoms with Crippen molar-refractivity contribution in [1.82, 2.24) is 10.2 Å². The van der Waals surface area contributed by atoms with Crippen molar-refractivity contribution in [1.29, 1.82) is 0 Å². The zero-order chi connectivity index (χ0) is 14.0. The number of carbonyl (C=O) groups is 2. The summed E-state index contributed by atoms with van der Waals surface area (Å²) in [4.78, 5) is 25.7. The first-order valence-electron chi connectivity index (χ1n) is 5.98. The van der Waals surface area contributed by atoms with Gasteiger partial charge in [-0.25, -0.2) is 0 Å². The molecule has 0 spiro atoms. The van der Waals surface area contributed by atoms with Crippen LogP contribution in [0.1, 0.15) is 16.6 Å². The van der Waals surface area contributed by atoms with Crippen LogP contribution in [0.25, 0.3) is 0 Å². The van der Waals surface area contributed by atoms with Gasteiger partial charge in [-0.05, 0) is 18.4 Å². The monoisotopic (exact) mass is 284 g/mol. The minimum absolute atomic E-state index is 0.0964. The van der Waals surface area contributed by atoms with E-state index < -0.39 is 18.2 Å². The van der Waals surface area contributed by atoms with Gasteiger partial charge in [-0.2, -0.15) is 0 Å². The van der Waals surface area contributed by atoms with E-state index in [2.05, 4.69) is 5.32 Å². The third-order valence-corrected chi connectivity index (χ3v) is 3.90. The van der Waals surface area contributed by atoms with Crippen molar-refractivity contribution in [2.75, 3.05) is 13.1 Å². The predicted molar refractivity (Wildman–Crippen MR) is 69.8 cm³/mol. The number of nitrogens with one attached hydrogen (secondary N) is 1. The Hall–Kier alpha value is -1.44. The first kappa shape index (κ1) is 14.0. The molecule has 0 aromatic carbocycles. The fraction of sp³-hybridized carbons (Fsp3) is 0.500. The molecule has 1 saturated heterocycles. The summed E-state index contributed by atoms with van der Waals surface area (Å²) >= 11 is 1.30. The predicted octanol–water partition coefficient (Wildman–Crippen LogP) is -0.570. The highest BCUT2D eigenvalue weighted by Gasteiger charge is 2.34. The van der Waals surface area contributed by atoms with Crippen molar-refractivity contribution in [3.8, 4) is 0 Å². The molecule has 19 heavy (non-hydrogen) atoms. The normalized spacial score (nSPS) is 24.3. The average Bonchev–Trinajstić information content (AvgIpc) is 2.99. The van der Waals surface area contributed by atoms with Crippen LogP contribution in [0.4, 0.5) is 0 Å². The Morgan fingerprint density at radius 2 is 2.05 bits per heavy atom. The Kier molecular flexibility index (Phi) is 4.18. The summed E-state index contributed by atoms with van der Waals surface area (Å²) in [5.41, 5.74) is 0. The number of amides is 2. The SMILES string of the molecule is CC(NC(=O)c1cccs1)C(=O)N1CC(O)C(O)C1. The van der Waals surface area contributed by atoms with Crippen LogP contribution in [0, 0.1) is 0 Å². The lowest BCUT2D eigenvalue weighted by molar-refractivity contribution is -0.132. The van der Waals surface area contributed by atoms with Gasteiger partial charge in [-0.3, -0.25) is 9.59 Å². The van der Waals surface area contributed by atoms with Gasteiger partial charge >= 0.3 is 0 Å². The van der Waals surface area contributed by atoms with Gasteiger partial charge in [-0.15, -0.1) is 11.3 Å². The second kappa shape index (κ2) is 5.68. The molecule has 3 atom stereocenters. The lowest BCUT2D eigenvalue weighted by Crippen LogP contribution is -2.46. The van der Waals surface area contributed by atoms with Gasteiger partial charge in [0.1, 0.15) is 6.04 Å². The second-order valence-electron chi connectivity index (χ2n) is 4.55. The summed E-state index contributed by atoms with van der Waals surface area (Å²) in [7, 11) is 0. The molecule has 6 nitrogen and oxygen atoms in total. The molecule has 0 radical (unpaired) electrons. The zero-order valence-electron chi connectivity index (χ0n) is 10.4. The van der Waals surface area contributed by atoms with Crippen LogP contribution >= 0.6 is 11.3 Å². The van der Waals surface area contributed by atoms with Gasteiger partial charge in [0.2, 0.25) is 5.91 Å².